The molecule has 0 aliphatic heterocycles. The first-order valence-corrected chi connectivity index (χ1v) is 9.72. The van der Waals surface area contributed by atoms with Gasteiger partial charge >= 0.3 is 0 Å². The van der Waals surface area contributed by atoms with Gasteiger partial charge in [-0.2, -0.15) is 11.3 Å². The molecule has 0 spiro atoms. The van der Waals surface area contributed by atoms with Crippen LogP contribution in [0.15, 0.2) is 59.4 Å². The third kappa shape index (κ3) is 3.54. The van der Waals surface area contributed by atoms with Gasteiger partial charge in [-0.15, -0.1) is 0 Å². The SMILES string of the molecule is Cc1ccc([C@H](Cc2ccsc2)NCc2nc3ccccc3n2C)nc1. The quantitative estimate of drug-likeness (QED) is 0.552. The molecule has 3 heterocycles. The van der Waals surface area contributed by atoms with Crippen molar-refractivity contribution in [2.75, 3.05) is 0 Å². The molecule has 0 saturated carbocycles. The fraction of sp³-hybridized carbons (Fsp3) is 0.238. The molecule has 5 heteroatoms. The van der Waals surface area contributed by atoms with E-state index < -0.39 is 0 Å². The van der Waals surface area contributed by atoms with Gasteiger partial charge in [0, 0.05) is 13.2 Å². The van der Waals surface area contributed by atoms with E-state index in [0.29, 0.717) is 6.54 Å². The van der Waals surface area contributed by atoms with Gasteiger partial charge < -0.3 is 9.88 Å². The zero-order valence-electron chi connectivity index (χ0n) is 15.0. The standard InChI is InChI=1S/C21H22N4S/c1-15-7-8-17(22-12-15)19(11-16-9-10-26-14-16)23-13-21-24-18-5-3-4-6-20(18)25(21)2/h3-10,12,14,19,23H,11,13H2,1-2H3/t19-/m0/s1. The zero-order chi connectivity index (χ0) is 17.9. The van der Waals surface area contributed by atoms with Crippen LogP contribution in [0.1, 0.15) is 28.7 Å². The van der Waals surface area contributed by atoms with Crippen LogP contribution in [0.3, 0.4) is 0 Å². The molecule has 1 aromatic carbocycles. The van der Waals surface area contributed by atoms with Crippen LogP contribution in [0.4, 0.5) is 0 Å². The predicted octanol–water partition coefficient (Wildman–Crippen LogP) is 4.41. The van der Waals surface area contributed by atoms with Gasteiger partial charge in [-0.25, -0.2) is 4.98 Å². The van der Waals surface area contributed by atoms with E-state index in [0.717, 1.165) is 29.0 Å². The number of thiophene rings is 1. The van der Waals surface area contributed by atoms with Crippen LogP contribution in [-0.4, -0.2) is 14.5 Å². The van der Waals surface area contributed by atoms with Crippen molar-refractivity contribution in [2.24, 2.45) is 7.05 Å². The molecule has 3 aromatic heterocycles. The molecule has 0 aliphatic carbocycles. The first-order valence-electron chi connectivity index (χ1n) is 8.78. The topological polar surface area (TPSA) is 42.7 Å². The van der Waals surface area contributed by atoms with Crippen molar-refractivity contribution >= 4 is 22.4 Å². The predicted molar refractivity (Wildman–Crippen MR) is 107 cm³/mol. The van der Waals surface area contributed by atoms with E-state index in [1.807, 2.05) is 12.3 Å². The minimum absolute atomic E-state index is 0.157. The van der Waals surface area contributed by atoms with Gasteiger partial charge in [0.2, 0.25) is 0 Å². The van der Waals surface area contributed by atoms with Crippen molar-refractivity contribution in [2.45, 2.75) is 25.9 Å². The van der Waals surface area contributed by atoms with Crippen molar-refractivity contribution in [1.82, 2.24) is 19.9 Å². The van der Waals surface area contributed by atoms with E-state index in [-0.39, 0.29) is 6.04 Å². The lowest BCUT2D eigenvalue weighted by atomic mass is 10.0. The lowest BCUT2D eigenvalue weighted by molar-refractivity contribution is 0.503. The summed E-state index contributed by atoms with van der Waals surface area (Å²) in [6.07, 6.45) is 2.86. The zero-order valence-corrected chi connectivity index (χ0v) is 15.8. The van der Waals surface area contributed by atoms with Gasteiger partial charge in [-0.1, -0.05) is 18.2 Å². The Morgan fingerprint density at radius 1 is 1.15 bits per heavy atom. The Morgan fingerprint density at radius 2 is 2.04 bits per heavy atom. The molecule has 1 atom stereocenters. The molecule has 0 unspecified atom stereocenters. The summed E-state index contributed by atoms with van der Waals surface area (Å²) in [5, 5.41) is 8.00. The molecule has 0 fully saturated rings. The number of rotatable bonds is 6. The van der Waals surface area contributed by atoms with Crippen LogP contribution >= 0.6 is 11.3 Å². The van der Waals surface area contributed by atoms with Crippen molar-refractivity contribution < 1.29 is 0 Å². The van der Waals surface area contributed by atoms with Crippen LogP contribution in [0.2, 0.25) is 0 Å². The summed E-state index contributed by atoms with van der Waals surface area (Å²) < 4.78 is 2.16. The van der Waals surface area contributed by atoms with Gasteiger partial charge in [0.05, 0.1) is 29.3 Å². The highest BCUT2D eigenvalue weighted by Gasteiger charge is 2.15. The Morgan fingerprint density at radius 3 is 2.77 bits per heavy atom. The van der Waals surface area contributed by atoms with Crippen molar-refractivity contribution in [3.63, 3.8) is 0 Å². The first kappa shape index (κ1) is 16.9. The molecule has 26 heavy (non-hydrogen) atoms. The van der Waals surface area contributed by atoms with Gasteiger partial charge in [-0.3, -0.25) is 4.98 Å². The Bertz CT molecular complexity index is 987. The number of hydrogen-bond acceptors (Lipinski definition) is 4. The lowest BCUT2D eigenvalue weighted by Crippen LogP contribution is -2.25. The Kier molecular flexibility index (Phi) is 4.82. The maximum absolute atomic E-state index is 4.77. The smallest absolute Gasteiger partial charge is 0.123 e. The number of aromatic nitrogens is 3. The summed E-state index contributed by atoms with van der Waals surface area (Å²) in [5.74, 6) is 1.04. The van der Waals surface area contributed by atoms with Crippen LogP contribution in [0, 0.1) is 6.92 Å². The maximum Gasteiger partial charge on any atom is 0.123 e. The molecule has 0 radical (unpaired) electrons. The van der Waals surface area contributed by atoms with Gasteiger partial charge in [-0.05, 0) is 59.5 Å². The Labute approximate surface area is 157 Å². The summed E-state index contributed by atoms with van der Waals surface area (Å²) in [5.41, 5.74) is 5.78. The summed E-state index contributed by atoms with van der Waals surface area (Å²) in [6, 6.07) is 14.8. The van der Waals surface area contributed by atoms with Crippen LogP contribution in [0.5, 0.6) is 0 Å². The average Bonchev–Trinajstić information content (AvgIpc) is 3.28. The van der Waals surface area contributed by atoms with E-state index in [2.05, 4.69) is 76.0 Å². The minimum Gasteiger partial charge on any atom is -0.330 e. The normalized spacial score (nSPS) is 12.5. The number of benzene rings is 1. The first-order chi connectivity index (χ1) is 12.7. The summed E-state index contributed by atoms with van der Waals surface area (Å²) in [6.45, 7) is 2.77. The number of fused-ring (bicyclic) bond motifs is 1. The fourth-order valence-electron chi connectivity index (χ4n) is 3.18. The average molecular weight is 363 g/mol. The second-order valence-corrected chi connectivity index (χ2v) is 7.39. The summed E-state index contributed by atoms with van der Waals surface area (Å²) in [7, 11) is 2.07. The maximum atomic E-state index is 4.77. The van der Waals surface area contributed by atoms with Crippen molar-refractivity contribution in [1.29, 1.82) is 0 Å². The molecule has 0 aliphatic rings. The van der Waals surface area contributed by atoms with Crippen molar-refractivity contribution in [3.8, 4) is 0 Å². The lowest BCUT2D eigenvalue weighted by Gasteiger charge is -2.18. The van der Waals surface area contributed by atoms with Crippen LogP contribution in [0.25, 0.3) is 11.0 Å². The van der Waals surface area contributed by atoms with Gasteiger partial charge in [0.25, 0.3) is 0 Å². The third-order valence-electron chi connectivity index (χ3n) is 4.70. The highest BCUT2D eigenvalue weighted by molar-refractivity contribution is 7.07. The Balaban J connectivity index is 1.57. The highest BCUT2D eigenvalue weighted by atomic mass is 32.1. The summed E-state index contributed by atoms with van der Waals surface area (Å²) in [4.78, 5) is 9.42. The monoisotopic (exact) mass is 362 g/mol. The number of para-hydroxylation sites is 2. The van der Waals surface area contributed by atoms with Crippen molar-refractivity contribution in [3.05, 3.63) is 82.1 Å². The third-order valence-corrected chi connectivity index (χ3v) is 5.43. The van der Waals surface area contributed by atoms with E-state index >= 15 is 0 Å². The Hall–Kier alpha value is -2.50. The molecule has 1 N–H and O–H groups in total. The molecule has 4 aromatic rings. The number of imidazole rings is 1. The highest BCUT2D eigenvalue weighted by Crippen LogP contribution is 2.20. The van der Waals surface area contributed by atoms with Gasteiger partial charge in [0.15, 0.2) is 0 Å². The molecule has 4 rings (SSSR count). The number of aryl methyl sites for hydroxylation is 2. The molecular formula is C21H22N4S. The second-order valence-electron chi connectivity index (χ2n) is 6.61. The number of nitrogens with one attached hydrogen (secondary N) is 1. The van der Waals surface area contributed by atoms with E-state index in [1.54, 1.807) is 11.3 Å². The fourth-order valence-corrected chi connectivity index (χ4v) is 3.86. The van der Waals surface area contributed by atoms with E-state index in [4.69, 9.17) is 4.98 Å². The number of pyridine rings is 1. The van der Waals surface area contributed by atoms with Crippen LogP contribution in [-0.2, 0) is 20.0 Å². The largest absolute Gasteiger partial charge is 0.330 e. The molecule has 0 amide bonds. The number of hydrogen-bond donors (Lipinski definition) is 1. The molecular weight excluding hydrogens is 340 g/mol. The minimum atomic E-state index is 0.157. The molecule has 132 valence electrons. The molecule has 0 bridgehead atoms. The molecule has 0 saturated heterocycles. The second kappa shape index (κ2) is 7.40. The van der Waals surface area contributed by atoms with Gasteiger partial charge in [0.1, 0.15) is 5.82 Å². The number of nitrogens with zero attached hydrogens (tertiary/aromatic N) is 3. The summed E-state index contributed by atoms with van der Waals surface area (Å²) >= 11 is 1.73. The van der Waals surface area contributed by atoms with Crippen LogP contribution < -0.4 is 5.32 Å². The van der Waals surface area contributed by atoms with E-state index in [9.17, 15) is 0 Å². The molecule has 4 nitrogen and oxygen atoms in total. The van der Waals surface area contributed by atoms with E-state index in [1.165, 1.54) is 11.1 Å².